The molecule has 178 valence electrons. The zero-order valence-electron chi connectivity index (χ0n) is 21.7. The molecule has 0 saturated heterocycles. The molecule has 1 aliphatic carbocycles. The van der Waals surface area contributed by atoms with E-state index >= 15 is 0 Å². The largest absolute Gasteiger partial charge is 0.378 e. The molecule has 0 atom stereocenters. The maximum atomic E-state index is 4.83. The van der Waals surface area contributed by atoms with E-state index in [1.54, 1.807) is 0 Å². The molecule has 0 aliphatic heterocycles. The van der Waals surface area contributed by atoms with E-state index in [0.29, 0.717) is 0 Å². The van der Waals surface area contributed by atoms with Gasteiger partial charge >= 0.3 is 0 Å². The SMILES string of the molecule is CC.CCN=C1C=CC(=CC=CN=C(c2ccc(N(C)C)cc2)c2ccc(N(C)C)cc2)C=C1. The fourth-order valence-electron chi connectivity index (χ4n) is 3.30. The van der Waals surface area contributed by atoms with E-state index in [4.69, 9.17) is 4.99 Å². The zero-order chi connectivity index (χ0) is 24.9. The lowest BCUT2D eigenvalue weighted by Gasteiger charge is -2.15. The number of allylic oxidation sites excluding steroid dienone is 7. The van der Waals surface area contributed by atoms with E-state index in [2.05, 4.69) is 81.6 Å². The summed E-state index contributed by atoms with van der Waals surface area (Å²) < 4.78 is 0. The third kappa shape index (κ3) is 7.73. The highest BCUT2D eigenvalue weighted by Crippen LogP contribution is 2.19. The highest BCUT2D eigenvalue weighted by atomic mass is 15.1. The van der Waals surface area contributed by atoms with Crippen molar-refractivity contribution >= 4 is 22.8 Å². The number of hydrogen-bond donors (Lipinski definition) is 0. The summed E-state index contributed by atoms with van der Waals surface area (Å²) in [6.45, 7) is 6.84. The Morgan fingerprint density at radius 1 is 0.735 bits per heavy atom. The average molecular weight is 455 g/mol. The van der Waals surface area contributed by atoms with Crippen LogP contribution < -0.4 is 9.80 Å². The van der Waals surface area contributed by atoms with Gasteiger partial charge in [0.05, 0.1) is 11.4 Å². The van der Waals surface area contributed by atoms with Crippen LogP contribution in [0.3, 0.4) is 0 Å². The van der Waals surface area contributed by atoms with Gasteiger partial charge in [0.15, 0.2) is 0 Å². The second kappa shape index (κ2) is 13.8. The van der Waals surface area contributed by atoms with Crippen molar-refractivity contribution in [1.82, 2.24) is 0 Å². The van der Waals surface area contributed by atoms with Crippen molar-refractivity contribution in [3.05, 3.63) is 108 Å². The molecule has 1 aliphatic rings. The highest BCUT2D eigenvalue weighted by Gasteiger charge is 2.08. The van der Waals surface area contributed by atoms with Gasteiger partial charge in [0.1, 0.15) is 0 Å². The van der Waals surface area contributed by atoms with Gasteiger partial charge in [-0.3, -0.25) is 9.98 Å². The third-order valence-electron chi connectivity index (χ3n) is 5.13. The van der Waals surface area contributed by atoms with Crippen molar-refractivity contribution in [2.75, 3.05) is 44.5 Å². The minimum atomic E-state index is 0.797. The summed E-state index contributed by atoms with van der Waals surface area (Å²) in [6.07, 6.45) is 14.1. The van der Waals surface area contributed by atoms with Gasteiger partial charge in [0, 0.05) is 63.4 Å². The fourth-order valence-corrected chi connectivity index (χ4v) is 3.30. The standard InChI is InChI=1S/C28H32N4.C2H6/c1-6-29-25-15-9-22(10-16-25)8-7-21-30-28(23-11-17-26(18-12-23)31(2)3)24-13-19-27(20-14-24)32(4)5;1-2/h7-21H,6H2,1-5H3;1-2H3. The fraction of sp³-hybridized carbons (Fsp3) is 0.267. The lowest BCUT2D eigenvalue weighted by atomic mass is 10.0. The lowest BCUT2D eigenvalue weighted by Crippen LogP contribution is -2.10. The van der Waals surface area contributed by atoms with Gasteiger partial charge in [0.25, 0.3) is 0 Å². The van der Waals surface area contributed by atoms with Gasteiger partial charge in [-0.15, -0.1) is 0 Å². The summed E-state index contributed by atoms with van der Waals surface area (Å²) in [4.78, 5) is 13.4. The monoisotopic (exact) mass is 454 g/mol. The predicted octanol–water partition coefficient (Wildman–Crippen LogP) is 6.71. The predicted molar refractivity (Wildman–Crippen MR) is 152 cm³/mol. The number of rotatable bonds is 7. The van der Waals surface area contributed by atoms with Crippen LogP contribution in [-0.4, -0.2) is 46.2 Å². The second-order valence-corrected chi connectivity index (χ2v) is 7.93. The Labute approximate surface area is 206 Å². The zero-order valence-corrected chi connectivity index (χ0v) is 21.7. The highest BCUT2D eigenvalue weighted by molar-refractivity contribution is 6.13. The Hall–Kier alpha value is -3.66. The van der Waals surface area contributed by atoms with E-state index in [9.17, 15) is 0 Å². The van der Waals surface area contributed by atoms with Crippen LogP contribution in [0.25, 0.3) is 0 Å². The smallest absolute Gasteiger partial charge is 0.0774 e. The second-order valence-electron chi connectivity index (χ2n) is 7.93. The van der Waals surface area contributed by atoms with Crippen LogP contribution in [0.15, 0.2) is 107 Å². The van der Waals surface area contributed by atoms with E-state index in [1.807, 2.05) is 73.4 Å². The van der Waals surface area contributed by atoms with Crippen LogP contribution in [-0.2, 0) is 0 Å². The normalized spacial score (nSPS) is 12.2. The van der Waals surface area contributed by atoms with E-state index < -0.39 is 0 Å². The van der Waals surface area contributed by atoms with Crippen molar-refractivity contribution in [2.45, 2.75) is 20.8 Å². The molecule has 0 heterocycles. The van der Waals surface area contributed by atoms with E-state index in [1.165, 1.54) is 0 Å². The molecule has 4 nitrogen and oxygen atoms in total. The molecular weight excluding hydrogens is 416 g/mol. The van der Waals surface area contributed by atoms with Crippen molar-refractivity contribution in [2.24, 2.45) is 9.98 Å². The van der Waals surface area contributed by atoms with Crippen molar-refractivity contribution in [3.8, 4) is 0 Å². The Morgan fingerprint density at radius 2 is 1.21 bits per heavy atom. The van der Waals surface area contributed by atoms with Crippen LogP contribution in [0.2, 0.25) is 0 Å². The molecule has 3 rings (SSSR count). The molecule has 34 heavy (non-hydrogen) atoms. The van der Waals surface area contributed by atoms with Crippen LogP contribution in [0.4, 0.5) is 11.4 Å². The minimum absolute atomic E-state index is 0.797. The van der Waals surface area contributed by atoms with Gasteiger partial charge in [-0.05, 0) is 55.0 Å². The quantitative estimate of drug-likeness (QED) is 0.435. The Bertz CT molecular complexity index is 1010. The summed E-state index contributed by atoms with van der Waals surface area (Å²) in [5.74, 6) is 0. The molecule has 2 aromatic carbocycles. The topological polar surface area (TPSA) is 31.2 Å². The Morgan fingerprint density at radius 3 is 1.62 bits per heavy atom. The summed E-state index contributed by atoms with van der Waals surface area (Å²) in [5.41, 5.74) is 7.58. The van der Waals surface area contributed by atoms with Crippen molar-refractivity contribution in [1.29, 1.82) is 0 Å². The van der Waals surface area contributed by atoms with E-state index in [0.717, 1.165) is 46.0 Å². The molecule has 0 spiro atoms. The maximum absolute atomic E-state index is 4.83. The van der Waals surface area contributed by atoms with E-state index in [-0.39, 0.29) is 0 Å². The summed E-state index contributed by atoms with van der Waals surface area (Å²) in [5, 5.41) is 0. The van der Waals surface area contributed by atoms with Crippen LogP contribution in [0.1, 0.15) is 31.9 Å². The van der Waals surface area contributed by atoms with Gasteiger partial charge < -0.3 is 9.80 Å². The van der Waals surface area contributed by atoms with Gasteiger partial charge in [-0.25, -0.2) is 0 Å². The Balaban J connectivity index is 0.00000199. The average Bonchev–Trinajstić information content (AvgIpc) is 2.86. The third-order valence-corrected chi connectivity index (χ3v) is 5.13. The molecule has 0 N–H and O–H groups in total. The number of anilines is 2. The summed E-state index contributed by atoms with van der Waals surface area (Å²) >= 11 is 0. The van der Waals surface area contributed by atoms with Gasteiger partial charge in [0.2, 0.25) is 0 Å². The lowest BCUT2D eigenvalue weighted by molar-refractivity contribution is 1.13. The van der Waals surface area contributed by atoms with Crippen LogP contribution in [0.5, 0.6) is 0 Å². The Kier molecular flexibility index (Phi) is 10.8. The molecule has 0 bridgehead atoms. The number of aliphatic imine (C=N–C) groups is 2. The number of hydrogen-bond acceptors (Lipinski definition) is 4. The number of benzene rings is 2. The molecule has 0 fully saturated rings. The van der Waals surface area contributed by atoms with Gasteiger partial charge in [-0.1, -0.05) is 56.3 Å². The molecule has 4 heteroatoms. The molecule has 0 aromatic heterocycles. The summed E-state index contributed by atoms with van der Waals surface area (Å²) in [7, 11) is 8.19. The maximum Gasteiger partial charge on any atom is 0.0774 e. The minimum Gasteiger partial charge on any atom is -0.378 e. The van der Waals surface area contributed by atoms with Crippen LogP contribution in [0, 0.1) is 0 Å². The first-order valence-corrected chi connectivity index (χ1v) is 11.9. The first-order chi connectivity index (χ1) is 16.5. The molecule has 2 aromatic rings. The molecule has 0 amide bonds. The first-order valence-electron chi connectivity index (χ1n) is 11.9. The number of nitrogens with zero attached hydrogens (tertiary/aromatic N) is 4. The van der Waals surface area contributed by atoms with Crippen LogP contribution >= 0.6 is 0 Å². The van der Waals surface area contributed by atoms with Gasteiger partial charge in [-0.2, -0.15) is 0 Å². The molecule has 0 unspecified atom stereocenters. The van der Waals surface area contributed by atoms with Crippen molar-refractivity contribution < 1.29 is 0 Å². The molecule has 0 saturated carbocycles. The summed E-state index contributed by atoms with van der Waals surface area (Å²) in [6, 6.07) is 17.0. The first kappa shape index (κ1) is 26.6. The molecular formula is C30H38N4. The van der Waals surface area contributed by atoms with Crippen molar-refractivity contribution in [3.63, 3.8) is 0 Å². The molecule has 0 radical (unpaired) electrons.